The lowest BCUT2D eigenvalue weighted by molar-refractivity contribution is 1.51. The normalized spacial score (nSPS) is 11.1. The van der Waals surface area contributed by atoms with Crippen LogP contribution in [0.1, 0.15) is 0 Å². The molecule has 3 rings (SSSR count). The van der Waals surface area contributed by atoms with Crippen LogP contribution in [0, 0.1) is 0 Å². The van der Waals surface area contributed by atoms with E-state index in [0.29, 0.717) is 0 Å². The number of nitrogens with zero attached hydrogens (tertiary/aromatic N) is 1. The average Bonchev–Trinajstić information content (AvgIpc) is 2.61. The number of thiazole rings is 1. The molecule has 0 aromatic carbocycles. The van der Waals surface area contributed by atoms with Crippen molar-refractivity contribution in [1.82, 2.24) is 4.98 Å². The summed E-state index contributed by atoms with van der Waals surface area (Å²) in [5, 5.41) is 0. The third-order valence-corrected chi connectivity index (χ3v) is 3.08. The van der Waals surface area contributed by atoms with Gasteiger partial charge in [0.2, 0.25) is 0 Å². The van der Waals surface area contributed by atoms with Crippen molar-refractivity contribution in [1.29, 1.82) is 0 Å². The maximum absolute atomic E-state index is 4.29. The summed E-state index contributed by atoms with van der Waals surface area (Å²) in [5.74, 6) is 0. The Kier molecular flexibility index (Phi) is 1.37. The van der Waals surface area contributed by atoms with E-state index in [0.717, 1.165) is 5.52 Å². The van der Waals surface area contributed by atoms with E-state index in [9.17, 15) is 0 Å². The molecule has 1 nitrogen and oxygen atoms in total. The Morgan fingerprint density at radius 1 is 1.08 bits per heavy atom. The van der Waals surface area contributed by atoms with Gasteiger partial charge in [-0.2, -0.15) is 0 Å². The number of fused-ring (bicyclic) bond motifs is 3. The van der Waals surface area contributed by atoms with Gasteiger partial charge in [-0.25, -0.2) is 4.98 Å². The molecule has 1 heterocycles. The fourth-order valence-electron chi connectivity index (χ4n) is 1.60. The van der Waals surface area contributed by atoms with Gasteiger partial charge in [-0.1, -0.05) is 30.3 Å². The Labute approximate surface area is 80.0 Å². The van der Waals surface area contributed by atoms with Crippen molar-refractivity contribution >= 4 is 21.6 Å². The van der Waals surface area contributed by atoms with Crippen molar-refractivity contribution in [2.75, 3.05) is 0 Å². The van der Waals surface area contributed by atoms with E-state index in [2.05, 4.69) is 35.3 Å². The molecule has 1 aromatic heterocycles. The van der Waals surface area contributed by atoms with Crippen LogP contribution >= 0.6 is 11.3 Å². The van der Waals surface area contributed by atoms with Crippen LogP contribution in [0.15, 0.2) is 41.9 Å². The molecule has 2 heteroatoms. The molecule has 13 heavy (non-hydrogen) atoms. The molecule has 2 aliphatic carbocycles. The number of rotatable bonds is 0. The zero-order chi connectivity index (χ0) is 8.67. The molecule has 2 aliphatic rings. The van der Waals surface area contributed by atoms with Gasteiger partial charge in [0.15, 0.2) is 0 Å². The molecular formula is C11H7NS. The summed E-state index contributed by atoms with van der Waals surface area (Å²) in [4.78, 5) is 4.29. The molecular weight excluding hydrogens is 178 g/mol. The highest BCUT2D eigenvalue weighted by molar-refractivity contribution is 7.17. The van der Waals surface area contributed by atoms with Crippen LogP contribution in [-0.2, 0) is 0 Å². The highest BCUT2D eigenvalue weighted by atomic mass is 32.1. The molecule has 0 saturated carbocycles. The Bertz CT molecular complexity index is 527. The van der Waals surface area contributed by atoms with E-state index in [1.807, 2.05) is 11.6 Å². The summed E-state index contributed by atoms with van der Waals surface area (Å²) >= 11 is 1.71. The first-order valence-corrected chi connectivity index (χ1v) is 5.04. The Balaban J connectivity index is 2.54. The van der Waals surface area contributed by atoms with Crippen LogP contribution in [0.3, 0.4) is 0 Å². The second kappa shape index (κ2) is 2.54. The molecule has 0 unspecified atom stereocenters. The zero-order valence-corrected chi connectivity index (χ0v) is 7.71. The summed E-state index contributed by atoms with van der Waals surface area (Å²) in [5.41, 5.74) is 5.60. The molecule has 0 aliphatic heterocycles. The summed E-state index contributed by atoms with van der Waals surface area (Å²) in [6.07, 6.45) is 0. The van der Waals surface area contributed by atoms with Gasteiger partial charge in [-0.15, -0.1) is 11.3 Å². The maximum Gasteiger partial charge on any atom is 0.0824 e. The van der Waals surface area contributed by atoms with E-state index in [4.69, 9.17) is 0 Å². The molecule has 0 amide bonds. The van der Waals surface area contributed by atoms with Crippen LogP contribution < -0.4 is 0 Å². The van der Waals surface area contributed by atoms with E-state index < -0.39 is 0 Å². The smallest absolute Gasteiger partial charge is 0.0824 e. The van der Waals surface area contributed by atoms with Crippen molar-refractivity contribution in [3.63, 3.8) is 0 Å². The van der Waals surface area contributed by atoms with Gasteiger partial charge in [0, 0.05) is 5.56 Å². The van der Waals surface area contributed by atoms with Crippen molar-refractivity contribution in [2.24, 2.45) is 0 Å². The summed E-state index contributed by atoms with van der Waals surface area (Å²) in [7, 11) is 0. The van der Waals surface area contributed by atoms with Crippen LogP contribution in [0.25, 0.3) is 21.3 Å². The third-order valence-electron chi connectivity index (χ3n) is 2.20. The molecule has 0 atom stereocenters. The largest absolute Gasteiger partial charge is 0.245 e. The van der Waals surface area contributed by atoms with Crippen molar-refractivity contribution in [3.05, 3.63) is 41.9 Å². The Hall–Kier alpha value is -1.41. The van der Waals surface area contributed by atoms with Crippen molar-refractivity contribution in [2.45, 2.75) is 0 Å². The zero-order valence-electron chi connectivity index (χ0n) is 6.90. The minimum absolute atomic E-state index is 1.12. The lowest BCUT2D eigenvalue weighted by atomic mass is 10.2. The molecule has 0 N–H and O–H groups in total. The lowest BCUT2D eigenvalue weighted by Crippen LogP contribution is -1.61. The fourth-order valence-corrected chi connectivity index (χ4v) is 2.42. The first kappa shape index (κ1) is 7.04. The third kappa shape index (κ3) is 0.956. The van der Waals surface area contributed by atoms with E-state index in [1.165, 1.54) is 15.8 Å². The highest BCUT2D eigenvalue weighted by Gasteiger charge is 2.09. The number of aromatic nitrogens is 1. The average molecular weight is 185 g/mol. The predicted molar refractivity (Wildman–Crippen MR) is 56.2 cm³/mol. The van der Waals surface area contributed by atoms with Gasteiger partial charge in [0.25, 0.3) is 0 Å². The first-order valence-electron chi connectivity index (χ1n) is 4.16. The lowest BCUT2D eigenvalue weighted by Gasteiger charge is -1.88. The second-order valence-electron chi connectivity index (χ2n) is 2.99. The van der Waals surface area contributed by atoms with Gasteiger partial charge in [-0.05, 0) is 11.6 Å². The molecule has 0 radical (unpaired) electrons. The molecule has 0 spiro atoms. The van der Waals surface area contributed by atoms with Gasteiger partial charge >= 0.3 is 0 Å². The SMILES string of the molecule is c1ccc2cc3ncsc3c-2cc1. The maximum atomic E-state index is 4.29. The monoisotopic (exact) mass is 185 g/mol. The standard InChI is InChI=1S/C11H7NS/c1-2-4-8-6-10-11(13-7-12-10)9(8)5-3-1/h1-7H. The van der Waals surface area contributed by atoms with Gasteiger partial charge < -0.3 is 0 Å². The van der Waals surface area contributed by atoms with Gasteiger partial charge in [0.05, 0.1) is 15.7 Å². The van der Waals surface area contributed by atoms with Gasteiger partial charge in [-0.3, -0.25) is 0 Å². The topological polar surface area (TPSA) is 12.9 Å². The molecule has 62 valence electrons. The quantitative estimate of drug-likeness (QED) is 0.523. The van der Waals surface area contributed by atoms with Crippen LogP contribution in [0.4, 0.5) is 0 Å². The number of hydrogen-bond donors (Lipinski definition) is 0. The van der Waals surface area contributed by atoms with Crippen LogP contribution in [-0.4, -0.2) is 4.98 Å². The molecule has 0 saturated heterocycles. The first-order chi connectivity index (χ1) is 6.45. The van der Waals surface area contributed by atoms with E-state index in [-0.39, 0.29) is 0 Å². The molecule has 0 fully saturated rings. The van der Waals surface area contributed by atoms with Crippen molar-refractivity contribution < 1.29 is 0 Å². The van der Waals surface area contributed by atoms with Crippen LogP contribution in [0.5, 0.6) is 0 Å². The fraction of sp³-hybridized carbons (Fsp3) is 0. The summed E-state index contributed by atoms with van der Waals surface area (Å²) in [6.45, 7) is 0. The molecule has 0 bridgehead atoms. The number of hydrogen-bond acceptors (Lipinski definition) is 2. The van der Waals surface area contributed by atoms with Gasteiger partial charge in [0.1, 0.15) is 0 Å². The van der Waals surface area contributed by atoms with E-state index in [1.54, 1.807) is 11.3 Å². The predicted octanol–water partition coefficient (Wildman–Crippen LogP) is 3.40. The Morgan fingerprint density at radius 3 is 3.00 bits per heavy atom. The minimum atomic E-state index is 1.12. The van der Waals surface area contributed by atoms with E-state index >= 15 is 0 Å². The minimum Gasteiger partial charge on any atom is -0.245 e. The second-order valence-corrected chi connectivity index (χ2v) is 3.85. The molecule has 1 aromatic rings. The van der Waals surface area contributed by atoms with Crippen LogP contribution in [0.2, 0.25) is 0 Å². The summed E-state index contributed by atoms with van der Waals surface area (Å²) < 4.78 is 1.30. The highest BCUT2D eigenvalue weighted by Crippen LogP contribution is 2.34. The summed E-state index contributed by atoms with van der Waals surface area (Å²) in [6, 6.07) is 12.6. The Morgan fingerprint density at radius 2 is 2.00 bits per heavy atom. The van der Waals surface area contributed by atoms with Crippen molar-refractivity contribution in [3.8, 4) is 11.1 Å².